The van der Waals surface area contributed by atoms with Crippen LogP contribution in [-0.2, 0) is 6.54 Å². The third-order valence-corrected chi connectivity index (χ3v) is 3.94. The van der Waals surface area contributed by atoms with Crippen LogP contribution < -0.4 is 9.47 Å². The molecule has 3 rings (SSSR count). The number of ether oxygens (including phenoxy) is 2. The number of hydrogen-bond acceptors (Lipinski definition) is 6. The van der Waals surface area contributed by atoms with E-state index in [1.807, 2.05) is 25.1 Å². The first kappa shape index (κ1) is 15.7. The van der Waals surface area contributed by atoms with Gasteiger partial charge in [-0.15, -0.1) is 0 Å². The molecule has 0 aromatic carbocycles. The van der Waals surface area contributed by atoms with Gasteiger partial charge in [-0.25, -0.2) is 15.0 Å². The van der Waals surface area contributed by atoms with Gasteiger partial charge < -0.3 is 9.47 Å². The van der Waals surface area contributed by atoms with Gasteiger partial charge in [-0.1, -0.05) is 6.07 Å². The Bertz CT molecular complexity index is 625. The summed E-state index contributed by atoms with van der Waals surface area (Å²) < 4.78 is 11.0. The van der Waals surface area contributed by atoms with Crippen LogP contribution in [-0.4, -0.2) is 46.2 Å². The monoisotopic (exact) mass is 314 g/mol. The third kappa shape index (κ3) is 4.39. The number of likely N-dealkylation sites (tertiary alicyclic amines) is 1. The third-order valence-electron chi connectivity index (χ3n) is 3.94. The molecule has 0 bridgehead atoms. The highest BCUT2D eigenvalue weighted by atomic mass is 16.5. The first-order valence-corrected chi connectivity index (χ1v) is 7.90. The summed E-state index contributed by atoms with van der Waals surface area (Å²) in [5.41, 5.74) is 2.07. The van der Waals surface area contributed by atoms with Gasteiger partial charge in [-0.3, -0.25) is 4.90 Å². The molecule has 2 aromatic rings. The number of piperidine rings is 1. The van der Waals surface area contributed by atoms with E-state index in [0.717, 1.165) is 43.7 Å². The molecule has 0 N–H and O–H groups in total. The fourth-order valence-electron chi connectivity index (χ4n) is 2.66. The van der Waals surface area contributed by atoms with Crippen molar-refractivity contribution in [3.8, 4) is 11.9 Å². The first-order valence-electron chi connectivity index (χ1n) is 7.90. The average Bonchev–Trinajstić information content (AvgIpc) is 2.59. The van der Waals surface area contributed by atoms with Crippen LogP contribution >= 0.6 is 0 Å². The molecule has 6 nitrogen and oxygen atoms in total. The maximum atomic E-state index is 5.86. The van der Waals surface area contributed by atoms with Crippen molar-refractivity contribution in [3.05, 3.63) is 41.9 Å². The maximum absolute atomic E-state index is 5.86. The lowest BCUT2D eigenvalue weighted by molar-refractivity contribution is 0.0885. The van der Waals surface area contributed by atoms with Crippen molar-refractivity contribution in [2.75, 3.05) is 20.2 Å². The van der Waals surface area contributed by atoms with Crippen molar-refractivity contribution >= 4 is 0 Å². The molecule has 1 aliphatic heterocycles. The molecule has 3 heterocycles. The second-order valence-electron chi connectivity index (χ2n) is 5.81. The second kappa shape index (κ2) is 7.37. The van der Waals surface area contributed by atoms with Crippen LogP contribution in [0.3, 0.4) is 0 Å². The molecule has 0 saturated carbocycles. The molecule has 23 heavy (non-hydrogen) atoms. The topological polar surface area (TPSA) is 60.4 Å². The Hall–Kier alpha value is -2.21. The van der Waals surface area contributed by atoms with Crippen molar-refractivity contribution < 1.29 is 9.47 Å². The average molecular weight is 314 g/mol. The summed E-state index contributed by atoms with van der Waals surface area (Å²) in [6.07, 6.45) is 5.70. The van der Waals surface area contributed by atoms with Crippen molar-refractivity contribution in [1.82, 2.24) is 19.9 Å². The van der Waals surface area contributed by atoms with Gasteiger partial charge in [-0.05, 0) is 31.4 Å². The fourth-order valence-corrected chi connectivity index (χ4v) is 2.66. The zero-order chi connectivity index (χ0) is 16.1. The largest absolute Gasteiger partial charge is 0.481 e. The van der Waals surface area contributed by atoms with Gasteiger partial charge in [0, 0.05) is 38.1 Å². The Morgan fingerprint density at radius 3 is 2.61 bits per heavy atom. The number of methoxy groups -OCH3 is 1. The summed E-state index contributed by atoms with van der Waals surface area (Å²) in [5.74, 6) is 0.664. The lowest BCUT2D eigenvalue weighted by Gasteiger charge is -2.31. The predicted molar refractivity (Wildman–Crippen MR) is 86.5 cm³/mol. The van der Waals surface area contributed by atoms with E-state index in [0.29, 0.717) is 11.9 Å². The summed E-state index contributed by atoms with van der Waals surface area (Å²) in [6.45, 7) is 4.77. The molecule has 1 fully saturated rings. The number of nitrogens with zero attached hydrogens (tertiary/aromatic N) is 4. The van der Waals surface area contributed by atoms with Gasteiger partial charge in [0.15, 0.2) is 0 Å². The molecule has 0 radical (unpaired) electrons. The molecule has 6 heteroatoms. The Balaban J connectivity index is 1.49. The van der Waals surface area contributed by atoms with E-state index in [-0.39, 0.29) is 6.10 Å². The number of pyridine rings is 1. The van der Waals surface area contributed by atoms with Gasteiger partial charge in [0.05, 0.1) is 12.8 Å². The van der Waals surface area contributed by atoms with Crippen LogP contribution in [0.5, 0.6) is 11.9 Å². The van der Waals surface area contributed by atoms with Crippen molar-refractivity contribution in [1.29, 1.82) is 0 Å². The minimum absolute atomic E-state index is 0.187. The minimum atomic E-state index is 0.187. The van der Waals surface area contributed by atoms with Gasteiger partial charge in [-0.2, -0.15) is 0 Å². The Morgan fingerprint density at radius 1 is 1.17 bits per heavy atom. The van der Waals surface area contributed by atoms with Crippen LogP contribution in [0.15, 0.2) is 30.6 Å². The Labute approximate surface area is 136 Å². The van der Waals surface area contributed by atoms with Crippen LogP contribution in [0.1, 0.15) is 24.1 Å². The van der Waals surface area contributed by atoms with E-state index in [9.17, 15) is 0 Å². The van der Waals surface area contributed by atoms with Crippen molar-refractivity contribution in [2.24, 2.45) is 0 Å². The van der Waals surface area contributed by atoms with Crippen LogP contribution in [0.25, 0.3) is 0 Å². The molecule has 1 saturated heterocycles. The highest BCUT2D eigenvalue weighted by Gasteiger charge is 2.21. The number of hydrogen-bond donors (Lipinski definition) is 0. The van der Waals surface area contributed by atoms with Crippen LogP contribution in [0.2, 0.25) is 0 Å². The van der Waals surface area contributed by atoms with Gasteiger partial charge in [0.2, 0.25) is 5.88 Å². The number of rotatable bonds is 5. The SMILES string of the molecule is COc1cccc(CN2CCC(Oc3ncc(C)cn3)CC2)n1. The number of aromatic nitrogens is 3. The minimum Gasteiger partial charge on any atom is -0.481 e. The summed E-state index contributed by atoms with van der Waals surface area (Å²) in [7, 11) is 1.64. The molecule has 0 spiro atoms. The highest BCUT2D eigenvalue weighted by Crippen LogP contribution is 2.18. The van der Waals surface area contributed by atoms with Gasteiger partial charge in [0.25, 0.3) is 0 Å². The molecular weight excluding hydrogens is 292 g/mol. The lowest BCUT2D eigenvalue weighted by atomic mass is 10.1. The summed E-state index contributed by atoms with van der Waals surface area (Å²) in [6, 6.07) is 6.35. The smallest absolute Gasteiger partial charge is 0.316 e. The lowest BCUT2D eigenvalue weighted by Crippen LogP contribution is -2.38. The standard InChI is InChI=1S/C17H22N4O2/c1-13-10-18-17(19-11-13)23-15-6-8-21(9-7-15)12-14-4-3-5-16(20-14)22-2/h3-5,10-11,15H,6-9,12H2,1-2H3. The van der Waals surface area contributed by atoms with E-state index < -0.39 is 0 Å². The quantitative estimate of drug-likeness (QED) is 0.843. The zero-order valence-electron chi connectivity index (χ0n) is 13.6. The van der Waals surface area contributed by atoms with E-state index in [1.165, 1.54) is 0 Å². The summed E-state index contributed by atoms with van der Waals surface area (Å²) in [5, 5.41) is 0. The van der Waals surface area contributed by atoms with Crippen LogP contribution in [0.4, 0.5) is 0 Å². The second-order valence-corrected chi connectivity index (χ2v) is 5.81. The number of aryl methyl sites for hydroxylation is 1. The molecular formula is C17H22N4O2. The highest BCUT2D eigenvalue weighted by molar-refractivity contribution is 5.15. The molecule has 0 aliphatic carbocycles. The summed E-state index contributed by atoms with van der Waals surface area (Å²) in [4.78, 5) is 15.3. The molecule has 0 amide bonds. The Kier molecular flexibility index (Phi) is 5.02. The Morgan fingerprint density at radius 2 is 1.91 bits per heavy atom. The van der Waals surface area contributed by atoms with Crippen molar-refractivity contribution in [3.63, 3.8) is 0 Å². The molecule has 122 valence electrons. The summed E-state index contributed by atoms with van der Waals surface area (Å²) >= 11 is 0. The molecule has 0 unspecified atom stereocenters. The molecule has 2 aromatic heterocycles. The molecule has 0 atom stereocenters. The first-order chi connectivity index (χ1) is 11.2. The zero-order valence-corrected chi connectivity index (χ0v) is 13.6. The fraction of sp³-hybridized carbons (Fsp3) is 0.471. The predicted octanol–water partition coefficient (Wildman–Crippen LogP) is 2.23. The van der Waals surface area contributed by atoms with Crippen LogP contribution in [0, 0.1) is 6.92 Å². The van der Waals surface area contributed by atoms with Gasteiger partial charge in [0.1, 0.15) is 6.10 Å². The van der Waals surface area contributed by atoms with Crippen molar-refractivity contribution in [2.45, 2.75) is 32.4 Å². The van der Waals surface area contributed by atoms with Gasteiger partial charge >= 0.3 is 6.01 Å². The van der Waals surface area contributed by atoms with E-state index >= 15 is 0 Å². The molecule has 1 aliphatic rings. The normalized spacial score (nSPS) is 16.3. The van der Waals surface area contributed by atoms with E-state index in [1.54, 1.807) is 19.5 Å². The van der Waals surface area contributed by atoms with E-state index in [2.05, 4.69) is 19.9 Å². The van der Waals surface area contributed by atoms with E-state index in [4.69, 9.17) is 9.47 Å². The maximum Gasteiger partial charge on any atom is 0.316 e.